The van der Waals surface area contributed by atoms with Gasteiger partial charge < -0.3 is 10.2 Å². The molecule has 2 aromatic heterocycles. The van der Waals surface area contributed by atoms with E-state index >= 15 is 0 Å². The number of rotatable bonds is 2. The molecule has 0 unspecified atom stereocenters. The van der Waals surface area contributed by atoms with Gasteiger partial charge in [0.25, 0.3) is 10.0 Å². The van der Waals surface area contributed by atoms with Gasteiger partial charge in [-0.2, -0.15) is 9.97 Å². The molecule has 0 aliphatic heterocycles. The monoisotopic (exact) mass is 563 g/mol. The van der Waals surface area contributed by atoms with Gasteiger partial charge in [-0.1, -0.05) is 119 Å². The SMILES string of the molecule is [Be+2].[O-]c1c(-c2[nH+]c3ccccc3s2)ccc2ccccc12.[O-]c1c(-c2[nH+]c3ccccc3s2)ccc2ccccc12. The van der Waals surface area contributed by atoms with Gasteiger partial charge in [0.1, 0.15) is 9.40 Å². The van der Waals surface area contributed by atoms with E-state index in [2.05, 4.69) is 22.1 Å². The first-order chi connectivity index (χ1) is 19.7. The molecule has 0 atom stereocenters. The number of nitrogens with one attached hydrogen (secondary N) is 2. The van der Waals surface area contributed by atoms with E-state index in [1.807, 2.05) is 109 Å². The maximum atomic E-state index is 12.6. The number of hydrogen-bond donors (Lipinski definition) is 0. The third kappa shape index (κ3) is 4.94. The molecule has 0 aliphatic rings. The fraction of sp³-hybridized carbons (Fsp3) is 0. The molecule has 0 fully saturated rings. The predicted molar refractivity (Wildman–Crippen MR) is 167 cm³/mol. The van der Waals surface area contributed by atoms with Gasteiger partial charge in [0.2, 0.25) is 11.0 Å². The van der Waals surface area contributed by atoms with Crippen molar-refractivity contribution in [2.45, 2.75) is 0 Å². The Kier molecular flexibility index (Phi) is 7.21. The average Bonchev–Trinajstić information content (AvgIpc) is 3.63. The summed E-state index contributed by atoms with van der Waals surface area (Å²) >= 11 is 3.24. The van der Waals surface area contributed by atoms with Crippen LogP contribution >= 0.6 is 22.7 Å². The van der Waals surface area contributed by atoms with E-state index in [4.69, 9.17) is 0 Å². The minimum absolute atomic E-state index is 0. The second-order valence-corrected chi connectivity index (χ2v) is 11.5. The molecule has 192 valence electrons. The number of aromatic nitrogens is 2. The van der Waals surface area contributed by atoms with Crippen molar-refractivity contribution in [1.82, 2.24) is 0 Å². The molecule has 0 spiro atoms. The summed E-state index contributed by atoms with van der Waals surface area (Å²) in [4.78, 5) is 6.67. The maximum Gasteiger partial charge on any atom is 2.00 e. The molecule has 7 heteroatoms. The number of H-pyrrole nitrogens is 2. The summed E-state index contributed by atoms with van der Waals surface area (Å²) < 4.78 is 2.32. The molecule has 0 aliphatic carbocycles. The number of thiazole rings is 2. The maximum absolute atomic E-state index is 12.6. The van der Waals surface area contributed by atoms with E-state index < -0.39 is 0 Å². The van der Waals surface area contributed by atoms with E-state index in [0.717, 1.165) is 63.1 Å². The zero-order chi connectivity index (χ0) is 27.1. The van der Waals surface area contributed by atoms with Crippen LogP contribution in [-0.4, -0.2) is 10.1 Å². The van der Waals surface area contributed by atoms with Gasteiger partial charge in [-0.05, 0) is 45.8 Å². The number of para-hydroxylation sites is 2. The van der Waals surface area contributed by atoms with Crippen molar-refractivity contribution >= 4 is 74.8 Å². The van der Waals surface area contributed by atoms with Gasteiger partial charge >= 0.3 is 10.1 Å². The molecule has 0 amide bonds. The Morgan fingerprint density at radius 3 is 1.27 bits per heavy atom. The van der Waals surface area contributed by atoms with Crippen molar-refractivity contribution in [2.24, 2.45) is 0 Å². The van der Waals surface area contributed by atoms with E-state index in [1.54, 1.807) is 22.7 Å². The molecular weight excluding hydrogens is 542 g/mol. The molecule has 0 radical (unpaired) electrons. The van der Waals surface area contributed by atoms with E-state index in [0.29, 0.717) is 0 Å². The first-order valence-electron chi connectivity index (χ1n) is 12.9. The molecule has 8 rings (SSSR count). The molecule has 6 aromatic carbocycles. The van der Waals surface area contributed by atoms with Crippen LogP contribution in [0, 0.1) is 0 Å². The molecule has 0 saturated heterocycles. The fourth-order valence-electron chi connectivity index (χ4n) is 4.92. The second kappa shape index (κ2) is 11.1. The summed E-state index contributed by atoms with van der Waals surface area (Å²) in [6.07, 6.45) is 0. The van der Waals surface area contributed by atoms with Crippen molar-refractivity contribution in [1.29, 1.82) is 0 Å². The Morgan fingerprint density at radius 1 is 0.439 bits per heavy atom. The van der Waals surface area contributed by atoms with Crippen LogP contribution in [0.2, 0.25) is 0 Å². The third-order valence-electron chi connectivity index (χ3n) is 6.94. The molecule has 2 N–H and O–H groups in total. The van der Waals surface area contributed by atoms with Gasteiger partial charge in [-0.15, -0.1) is 0 Å². The van der Waals surface area contributed by atoms with Gasteiger partial charge in [0.05, 0.1) is 11.1 Å². The predicted octanol–water partition coefficient (Wildman–Crippen LogP) is 6.84. The van der Waals surface area contributed by atoms with Crippen LogP contribution in [-0.2, 0) is 0 Å². The van der Waals surface area contributed by atoms with Crippen molar-refractivity contribution in [3.8, 4) is 32.6 Å². The van der Waals surface area contributed by atoms with Gasteiger partial charge in [0, 0.05) is 12.1 Å². The Labute approximate surface area is 248 Å². The molecule has 2 heterocycles. The third-order valence-corrected chi connectivity index (χ3v) is 9.15. The zero-order valence-corrected chi connectivity index (χ0v) is 23.5. The smallest absolute Gasteiger partial charge is 0.871 e. The average molecular weight is 564 g/mol. The van der Waals surface area contributed by atoms with E-state index in [9.17, 15) is 10.2 Å². The van der Waals surface area contributed by atoms with Gasteiger partial charge in [0.15, 0.2) is 0 Å². The molecular formula is C34H22BeN2O2S2+2. The second-order valence-electron chi connectivity index (χ2n) is 9.43. The van der Waals surface area contributed by atoms with Crippen LogP contribution in [0.3, 0.4) is 0 Å². The topological polar surface area (TPSA) is 74.4 Å². The Bertz CT molecular complexity index is 1950. The summed E-state index contributed by atoms with van der Waals surface area (Å²) in [7, 11) is 0. The normalized spacial score (nSPS) is 10.9. The zero-order valence-electron chi connectivity index (χ0n) is 21.9. The summed E-state index contributed by atoms with van der Waals surface area (Å²) in [6.45, 7) is 0. The Hall–Kier alpha value is -4.61. The van der Waals surface area contributed by atoms with Crippen LogP contribution in [0.5, 0.6) is 11.5 Å². The summed E-state index contributed by atoms with van der Waals surface area (Å²) in [5, 5.41) is 30.5. The molecule has 41 heavy (non-hydrogen) atoms. The first kappa shape index (κ1) is 26.6. The van der Waals surface area contributed by atoms with Gasteiger partial charge in [-0.3, -0.25) is 0 Å². The Morgan fingerprint density at radius 2 is 0.829 bits per heavy atom. The number of fused-ring (bicyclic) bond motifs is 4. The number of aromatic amines is 2. The van der Waals surface area contributed by atoms with Gasteiger partial charge in [-0.25, -0.2) is 0 Å². The van der Waals surface area contributed by atoms with Crippen LogP contribution in [0.15, 0.2) is 121 Å². The molecule has 4 nitrogen and oxygen atoms in total. The molecule has 8 aromatic rings. The number of hydrogen-bond acceptors (Lipinski definition) is 4. The summed E-state index contributed by atoms with van der Waals surface area (Å²) in [6, 6.07) is 39.4. The molecule has 0 saturated carbocycles. The summed E-state index contributed by atoms with van der Waals surface area (Å²) in [5.74, 6) is 0.178. The first-order valence-corrected chi connectivity index (χ1v) is 14.5. The van der Waals surface area contributed by atoms with Crippen LogP contribution in [0.1, 0.15) is 0 Å². The minimum atomic E-state index is 0. The van der Waals surface area contributed by atoms with Crippen LogP contribution < -0.4 is 20.2 Å². The number of benzene rings is 6. The van der Waals surface area contributed by atoms with Crippen molar-refractivity contribution in [3.05, 3.63) is 121 Å². The summed E-state index contributed by atoms with van der Waals surface area (Å²) in [5.41, 5.74) is 3.62. The van der Waals surface area contributed by atoms with Crippen LogP contribution in [0.25, 0.3) is 63.1 Å². The van der Waals surface area contributed by atoms with Crippen LogP contribution in [0.4, 0.5) is 0 Å². The van der Waals surface area contributed by atoms with Crippen molar-refractivity contribution in [3.63, 3.8) is 0 Å². The minimum Gasteiger partial charge on any atom is -0.871 e. The van der Waals surface area contributed by atoms with E-state index in [1.165, 1.54) is 0 Å². The van der Waals surface area contributed by atoms with Crippen molar-refractivity contribution in [2.75, 3.05) is 0 Å². The standard InChI is InChI=1S/2C17H11NOS.Be/c2*19-16-12-6-2-1-5-11(12)9-10-13(16)17-18-14-7-3-4-8-15(14)20-17;/h2*1-10,19H;/q;;+2. The molecule has 0 bridgehead atoms. The quantitative estimate of drug-likeness (QED) is 0.216. The largest absolute Gasteiger partial charge is 2.00 e. The van der Waals surface area contributed by atoms with E-state index in [-0.39, 0.29) is 21.6 Å². The Balaban J connectivity index is 0.000000144. The fourth-order valence-corrected chi connectivity index (χ4v) is 6.98. The van der Waals surface area contributed by atoms with Crippen molar-refractivity contribution < 1.29 is 20.2 Å².